The number of piperidine rings is 1. The highest BCUT2D eigenvalue weighted by Crippen LogP contribution is 2.43. The fourth-order valence-electron chi connectivity index (χ4n) is 3.63. The minimum atomic E-state index is -0.900. The maximum atomic E-state index is 11.7. The van der Waals surface area contributed by atoms with Crippen LogP contribution in [0.5, 0.6) is 0 Å². The maximum Gasteiger partial charge on any atom is 0.326 e. The molecule has 1 atom stereocenters. The number of likely N-dealkylation sites (tertiary alicyclic amines) is 1. The highest BCUT2D eigenvalue weighted by molar-refractivity contribution is 5.83. The molecular formula is C15H20N4O3. The third-order valence-corrected chi connectivity index (χ3v) is 4.90. The van der Waals surface area contributed by atoms with Crippen molar-refractivity contribution in [1.82, 2.24) is 14.9 Å². The molecule has 1 aromatic heterocycles. The summed E-state index contributed by atoms with van der Waals surface area (Å²) in [5, 5.41) is 9.35. The van der Waals surface area contributed by atoms with Crippen LogP contribution in [0.25, 0.3) is 0 Å². The van der Waals surface area contributed by atoms with E-state index in [1.807, 2.05) is 0 Å². The van der Waals surface area contributed by atoms with Crippen LogP contribution in [-0.4, -0.2) is 57.5 Å². The van der Waals surface area contributed by atoms with E-state index in [0.717, 1.165) is 31.7 Å². The lowest BCUT2D eigenvalue weighted by molar-refractivity contribution is -0.147. The first kappa shape index (κ1) is 14.7. The summed E-state index contributed by atoms with van der Waals surface area (Å²) in [4.78, 5) is 35.2. The number of nitrogens with zero attached hydrogens (tertiary/aromatic N) is 4. The molecule has 3 rings (SSSR count). The van der Waals surface area contributed by atoms with Gasteiger partial charge in [0.05, 0.1) is 6.20 Å². The second-order valence-corrected chi connectivity index (χ2v) is 6.26. The first-order chi connectivity index (χ1) is 10.5. The van der Waals surface area contributed by atoms with Crippen molar-refractivity contribution >= 4 is 17.7 Å². The van der Waals surface area contributed by atoms with Gasteiger partial charge in [-0.3, -0.25) is 9.78 Å². The van der Waals surface area contributed by atoms with Crippen LogP contribution >= 0.6 is 0 Å². The Bertz CT molecular complexity index is 545. The first-order valence-electron chi connectivity index (χ1n) is 7.52. The molecule has 0 bridgehead atoms. The quantitative estimate of drug-likeness (QED) is 0.868. The van der Waals surface area contributed by atoms with Gasteiger partial charge < -0.3 is 14.9 Å². The van der Waals surface area contributed by atoms with E-state index in [-0.39, 0.29) is 11.3 Å². The molecule has 22 heavy (non-hydrogen) atoms. The summed E-state index contributed by atoms with van der Waals surface area (Å²) >= 11 is 0. The minimum absolute atomic E-state index is 0.0760. The minimum Gasteiger partial charge on any atom is -0.480 e. The highest BCUT2D eigenvalue weighted by atomic mass is 16.4. The van der Waals surface area contributed by atoms with Gasteiger partial charge in [0.1, 0.15) is 11.9 Å². The van der Waals surface area contributed by atoms with E-state index in [4.69, 9.17) is 0 Å². The van der Waals surface area contributed by atoms with Crippen LogP contribution in [0.3, 0.4) is 0 Å². The number of carbonyl (C=O) groups excluding carboxylic acids is 1. The highest BCUT2D eigenvalue weighted by Gasteiger charge is 2.49. The smallest absolute Gasteiger partial charge is 0.326 e. The van der Waals surface area contributed by atoms with E-state index >= 15 is 0 Å². The average Bonchev–Trinajstić information content (AvgIpc) is 2.89. The molecule has 3 heterocycles. The molecule has 2 aliphatic heterocycles. The van der Waals surface area contributed by atoms with Crippen LogP contribution in [0.1, 0.15) is 26.2 Å². The van der Waals surface area contributed by atoms with E-state index in [0.29, 0.717) is 13.0 Å². The molecule has 0 aromatic carbocycles. The summed E-state index contributed by atoms with van der Waals surface area (Å²) in [6.07, 6.45) is 7.36. The monoisotopic (exact) mass is 304 g/mol. The lowest BCUT2D eigenvalue weighted by Gasteiger charge is -2.39. The standard InChI is InChI=1S/C15H20N4O3/c1-11(20)19-10-15(8-12(19)14(21)22)2-6-18(7-3-15)13-9-16-4-5-17-13/h4-5,9,12H,2-3,6-8,10H2,1H3,(H,21,22)/t12-/m1/s1. The van der Waals surface area contributed by atoms with Gasteiger partial charge in [0.15, 0.2) is 0 Å². The van der Waals surface area contributed by atoms with Crippen LogP contribution in [0.15, 0.2) is 18.6 Å². The molecule has 0 radical (unpaired) electrons. The number of aromatic nitrogens is 2. The largest absolute Gasteiger partial charge is 0.480 e. The maximum absolute atomic E-state index is 11.7. The number of hydrogen-bond acceptors (Lipinski definition) is 5. The molecule has 0 aliphatic carbocycles. The molecule has 2 fully saturated rings. The van der Waals surface area contributed by atoms with Gasteiger partial charge in [-0.05, 0) is 24.7 Å². The van der Waals surface area contributed by atoms with E-state index in [1.165, 1.54) is 11.8 Å². The SMILES string of the molecule is CC(=O)N1CC2(CCN(c3cnccn3)CC2)C[C@@H]1C(=O)O. The van der Waals surface area contributed by atoms with Crippen molar-refractivity contribution in [2.45, 2.75) is 32.2 Å². The average molecular weight is 304 g/mol. The Morgan fingerprint density at radius 2 is 2.05 bits per heavy atom. The van der Waals surface area contributed by atoms with Gasteiger partial charge in [-0.2, -0.15) is 0 Å². The summed E-state index contributed by atoms with van der Waals surface area (Å²) in [5.74, 6) is -0.197. The molecule has 1 amide bonds. The van der Waals surface area contributed by atoms with Gasteiger partial charge in [-0.15, -0.1) is 0 Å². The molecule has 0 unspecified atom stereocenters. The zero-order valence-corrected chi connectivity index (χ0v) is 12.6. The fourth-order valence-corrected chi connectivity index (χ4v) is 3.63. The topological polar surface area (TPSA) is 86.6 Å². The summed E-state index contributed by atoms with van der Waals surface area (Å²) in [6.45, 7) is 3.63. The molecule has 0 saturated carbocycles. The lowest BCUT2D eigenvalue weighted by Crippen LogP contribution is -2.42. The molecule has 1 N–H and O–H groups in total. The van der Waals surface area contributed by atoms with Crippen LogP contribution < -0.4 is 4.90 Å². The Kier molecular flexibility index (Phi) is 3.72. The molecule has 118 valence electrons. The van der Waals surface area contributed by atoms with Crippen LogP contribution in [0.4, 0.5) is 5.82 Å². The van der Waals surface area contributed by atoms with Gasteiger partial charge in [0.2, 0.25) is 5.91 Å². The molecular weight excluding hydrogens is 284 g/mol. The molecule has 7 heteroatoms. The van der Waals surface area contributed by atoms with Gasteiger partial charge in [-0.1, -0.05) is 0 Å². The van der Waals surface area contributed by atoms with Crippen molar-refractivity contribution in [3.05, 3.63) is 18.6 Å². The second-order valence-electron chi connectivity index (χ2n) is 6.26. The zero-order valence-electron chi connectivity index (χ0n) is 12.6. The number of amides is 1. The van der Waals surface area contributed by atoms with Crippen LogP contribution in [0, 0.1) is 5.41 Å². The van der Waals surface area contributed by atoms with E-state index in [9.17, 15) is 14.7 Å². The Morgan fingerprint density at radius 3 is 2.55 bits per heavy atom. The van der Waals surface area contributed by atoms with Crippen LogP contribution in [0.2, 0.25) is 0 Å². The fraction of sp³-hybridized carbons (Fsp3) is 0.600. The molecule has 1 aromatic rings. The summed E-state index contributed by atoms with van der Waals surface area (Å²) in [7, 11) is 0. The lowest BCUT2D eigenvalue weighted by atomic mass is 9.76. The van der Waals surface area contributed by atoms with E-state index < -0.39 is 12.0 Å². The van der Waals surface area contributed by atoms with Crippen LogP contribution in [-0.2, 0) is 9.59 Å². The van der Waals surface area contributed by atoms with E-state index in [1.54, 1.807) is 18.6 Å². The normalized spacial score (nSPS) is 23.8. The number of hydrogen-bond donors (Lipinski definition) is 1. The number of aliphatic carboxylic acids is 1. The third kappa shape index (κ3) is 2.63. The Morgan fingerprint density at radius 1 is 1.32 bits per heavy atom. The first-order valence-corrected chi connectivity index (χ1v) is 7.52. The molecule has 2 aliphatic rings. The van der Waals surface area contributed by atoms with Crippen molar-refractivity contribution in [2.24, 2.45) is 5.41 Å². The third-order valence-electron chi connectivity index (χ3n) is 4.90. The summed E-state index contributed by atoms with van der Waals surface area (Å²) < 4.78 is 0. The van der Waals surface area contributed by atoms with Gasteiger partial charge >= 0.3 is 5.97 Å². The molecule has 1 spiro atoms. The number of carbonyl (C=O) groups is 2. The number of rotatable bonds is 2. The molecule has 2 saturated heterocycles. The van der Waals surface area contributed by atoms with Crippen molar-refractivity contribution in [3.8, 4) is 0 Å². The number of carboxylic acid groups (broad SMARTS) is 1. The predicted octanol–water partition coefficient (Wildman–Crippen LogP) is 0.769. The van der Waals surface area contributed by atoms with Gasteiger partial charge in [0, 0.05) is 39.0 Å². The van der Waals surface area contributed by atoms with Crippen molar-refractivity contribution in [2.75, 3.05) is 24.5 Å². The Hall–Kier alpha value is -2.18. The molecule has 7 nitrogen and oxygen atoms in total. The Labute approximate surface area is 129 Å². The van der Waals surface area contributed by atoms with Gasteiger partial charge in [0.25, 0.3) is 0 Å². The number of anilines is 1. The predicted molar refractivity (Wildman–Crippen MR) is 79.3 cm³/mol. The Balaban J connectivity index is 1.70. The zero-order chi connectivity index (χ0) is 15.7. The van der Waals surface area contributed by atoms with E-state index in [2.05, 4.69) is 14.9 Å². The van der Waals surface area contributed by atoms with Crippen molar-refractivity contribution in [1.29, 1.82) is 0 Å². The van der Waals surface area contributed by atoms with Gasteiger partial charge in [-0.25, -0.2) is 9.78 Å². The summed E-state index contributed by atoms with van der Waals surface area (Å²) in [6, 6.07) is -0.680. The second kappa shape index (κ2) is 5.55. The van der Waals surface area contributed by atoms with Crippen molar-refractivity contribution < 1.29 is 14.7 Å². The number of carboxylic acids is 1. The summed E-state index contributed by atoms with van der Waals surface area (Å²) in [5.41, 5.74) is -0.0760. The van der Waals surface area contributed by atoms with Crippen molar-refractivity contribution in [3.63, 3.8) is 0 Å².